The first-order valence-corrected chi connectivity index (χ1v) is 9.40. The number of piperidine rings is 1. The van der Waals surface area contributed by atoms with Gasteiger partial charge in [0.2, 0.25) is 0 Å². The molecule has 5 nitrogen and oxygen atoms in total. The minimum atomic E-state index is -0.0979. The Labute approximate surface area is 155 Å². The van der Waals surface area contributed by atoms with E-state index in [-0.39, 0.29) is 11.9 Å². The topological polar surface area (TPSA) is 57.3 Å². The van der Waals surface area contributed by atoms with Crippen LogP contribution in [0.3, 0.4) is 0 Å². The molecular weight excluding hydrogens is 324 g/mol. The molecule has 1 aliphatic heterocycles. The van der Waals surface area contributed by atoms with Crippen LogP contribution in [0.4, 0.5) is 17.2 Å². The predicted molar refractivity (Wildman–Crippen MR) is 107 cm³/mol. The van der Waals surface area contributed by atoms with Crippen LogP contribution in [0.1, 0.15) is 44.0 Å². The van der Waals surface area contributed by atoms with Gasteiger partial charge in [-0.1, -0.05) is 6.92 Å². The molecule has 1 aromatic carbocycles. The fourth-order valence-electron chi connectivity index (χ4n) is 3.12. The lowest BCUT2D eigenvalue weighted by atomic mass is 9.99. The normalized spacial score (nSPS) is 15.2. The molecule has 1 aromatic heterocycles. The van der Waals surface area contributed by atoms with Crippen molar-refractivity contribution in [3.05, 3.63) is 48.2 Å². The van der Waals surface area contributed by atoms with Crippen molar-refractivity contribution in [2.75, 3.05) is 23.3 Å². The first kappa shape index (κ1) is 18.2. The van der Waals surface area contributed by atoms with Gasteiger partial charge in [-0.25, -0.2) is 4.98 Å². The highest BCUT2D eigenvalue weighted by molar-refractivity contribution is 5.94. The first-order chi connectivity index (χ1) is 12.5. The van der Waals surface area contributed by atoms with E-state index in [9.17, 15) is 4.79 Å². The number of amides is 1. The van der Waals surface area contributed by atoms with E-state index in [0.29, 0.717) is 5.56 Å². The molecular formula is C21H28N4O. The van der Waals surface area contributed by atoms with Crippen molar-refractivity contribution in [2.24, 2.45) is 5.92 Å². The van der Waals surface area contributed by atoms with Gasteiger partial charge in [0.05, 0.1) is 5.56 Å². The Bertz CT molecular complexity index is 717. The van der Waals surface area contributed by atoms with Crippen molar-refractivity contribution in [3.63, 3.8) is 0 Å². The van der Waals surface area contributed by atoms with Gasteiger partial charge in [-0.05, 0) is 69.0 Å². The van der Waals surface area contributed by atoms with Crippen LogP contribution in [0.15, 0.2) is 42.6 Å². The molecule has 1 fully saturated rings. The van der Waals surface area contributed by atoms with Gasteiger partial charge in [-0.2, -0.15) is 0 Å². The molecule has 3 rings (SSSR count). The Kier molecular flexibility index (Phi) is 5.76. The molecule has 0 atom stereocenters. The Morgan fingerprint density at radius 2 is 1.81 bits per heavy atom. The number of benzene rings is 1. The van der Waals surface area contributed by atoms with Gasteiger partial charge >= 0.3 is 0 Å². The maximum Gasteiger partial charge on any atom is 0.253 e. The quantitative estimate of drug-likeness (QED) is 0.847. The lowest BCUT2D eigenvalue weighted by Gasteiger charge is -2.32. The summed E-state index contributed by atoms with van der Waals surface area (Å²) in [4.78, 5) is 18.7. The lowest BCUT2D eigenvalue weighted by Crippen LogP contribution is -2.32. The van der Waals surface area contributed by atoms with Crippen molar-refractivity contribution in [1.82, 2.24) is 10.3 Å². The van der Waals surface area contributed by atoms with Crippen molar-refractivity contribution in [3.8, 4) is 0 Å². The van der Waals surface area contributed by atoms with Gasteiger partial charge in [-0.15, -0.1) is 0 Å². The van der Waals surface area contributed by atoms with Crippen LogP contribution in [0.2, 0.25) is 0 Å². The fraction of sp³-hybridized carbons (Fsp3) is 0.429. The van der Waals surface area contributed by atoms with Gasteiger partial charge in [-0.3, -0.25) is 4.79 Å². The van der Waals surface area contributed by atoms with E-state index in [2.05, 4.69) is 51.7 Å². The summed E-state index contributed by atoms with van der Waals surface area (Å²) in [7, 11) is 0. The largest absolute Gasteiger partial charge is 0.372 e. The van der Waals surface area contributed by atoms with E-state index in [4.69, 9.17) is 0 Å². The summed E-state index contributed by atoms with van der Waals surface area (Å²) in [5.74, 6) is 1.47. The summed E-state index contributed by atoms with van der Waals surface area (Å²) < 4.78 is 0. The summed E-state index contributed by atoms with van der Waals surface area (Å²) in [6.07, 6.45) is 4.13. The van der Waals surface area contributed by atoms with Crippen molar-refractivity contribution < 1.29 is 4.79 Å². The summed E-state index contributed by atoms with van der Waals surface area (Å²) in [5.41, 5.74) is 2.83. The second-order valence-electron chi connectivity index (χ2n) is 7.40. The summed E-state index contributed by atoms with van der Waals surface area (Å²) in [6, 6.07) is 12.2. The zero-order chi connectivity index (χ0) is 18.5. The molecule has 1 saturated heterocycles. The smallest absolute Gasteiger partial charge is 0.253 e. The van der Waals surface area contributed by atoms with E-state index >= 15 is 0 Å². The van der Waals surface area contributed by atoms with Crippen molar-refractivity contribution in [2.45, 2.75) is 39.7 Å². The van der Waals surface area contributed by atoms with E-state index in [1.165, 1.54) is 18.5 Å². The molecule has 0 aliphatic carbocycles. The number of nitrogens with zero attached hydrogens (tertiary/aromatic N) is 2. The first-order valence-electron chi connectivity index (χ1n) is 9.40. The number of hydrogen-bond donors (Lipinski definition) is 2. The van der Waals surface area contributed by atoms with E-state index in [1.807, 2.05) is 19.9 Å². The molecule has 0 spiro atoms. The Morgan fingerprint density at radius 1 is 1.12 bits per heavy atom. The number of carbonyl (C=O) groups is 1. The average molecular weight is 352 g/mol. The van der Waals surface area contributed by atoms with Crippen LogP contribution in [0, 0.1) is 5.92 Å². The molecule has 2 N–H and O–H groups in total. The second kappa shape index (κ2) is 8.21. The molecule has 0 unspecified atom stereocenters. The number of nitrogens with one attached hydrogen (secondary N) is 2. The highest BCUT2D eigenvalue weighted by atomic mass is 16.1. The third-order valence-electron chi connectivity index (χ3n) is 4.73. The molecule has 5 heteroatoms. The number of anilines is 3. The van der Waals surface area contributed by atoms with E-state index in [0.717, 1.165) is 30.5 Å². The SMILES string of the molecule is CC1CCN(c2ccc(Nc3ccc(C(=O)NC(C)C)cn3)cc2)CC1. The molecule has 1 amide bonds. The van der Waals surface area contributed by atoms with Gasteiger partial charge in [0.25, 0.3) is 5.91 Å². The Balaban J connectivity index is 1.59. The standard InChI is InChI=1S/C21H28N4O/c1-15(2)23-21(26)17-4-9-20(22-14-17)24-18-5-7-19(8-6-18)25-12-10-16(3)11-13-25/h4-9,14-16H,10-13H2,1-3H3,(H,22,24)(H,23,26). The van der Waals surface area contributed by atoms with Crippen LogP contribution < -0.4 is 15.5 Å². The molecule has 0 radical (unpaired) electrons. The highest BCUT2D eigenvalue weighted by Crippen LogP contribution is 2.25. The molecule has 0 saturated carbocycles. The monoisotopic (exact) mass is 352 g/mol. The summed E-state index contributed by atoms with van der Waals surface area (Å²) in [6.45, 7) is 8.48. The third kappa shape index (κ3) is 4.75. The maximum absolute atomic E-state index is 12.0. The van der Waals surface area contributed by atoms with Gasteiger partial charge in [0, 0.05) is 36.7 Å². The number of carbonyl (C=O) groups excluding carboxylic acids is 1. The van der Waals surface area contributed by atoms with Gasteiger partial charge < -0.3 is 15.5 Å². The number of rotatable bonds is 5. The van der Waals surface area contributed by atoms with Crippen molar-refractivity contribution >= 4 is 23.1 Å². The van der Waals surface area contributed by atoms with Gasteiger partial charge in [0.1, 0.15) is 5.82 Å². The summed E-state index contributed by atoms with van der Waals surface area (Å²) >= 11 is 0. The number of pyridine rings is 1. The Hall–Kier alpha value is -2.56. The van der Waals surface area contributed by atoms with Crippen LogP contribution >= 0.6 is 0 Å². The third-order valence-corrected chi connectivity index (χ3v) is 4.73. The van der Waals surface area contributed by atoms with E-state index < -0.39 is 0 Å². The molecule has 26 heavy (non-hydrogen) atoms. The zero-order valence-electron chi connectivity index (χ0n) is 15.8. The molecule has 0 bridgehead atoms. The maximum atomic E-state index is 12.0. The second-order valence-corrected chi connectivity index (χ2v) is 7.40. The minimum Gasteiger partial charge on any atom is -0.372 e. The van der Waals surface area contributed by atoms with E-state index in [1.54, 1.807) is 12.3 Å². The van der Waals surface area contributed by atoms with Crippen LogP contribution in [-0.4, -0.2) is 30.0 Å². The molecule has 1 aliphatic rings. The molecule has 2 aromatic rings. The molecule has 2 heterocycles. The van der Waals surface area contributed by atoms with Crippen LogP contribution in [0.5, 0.6) is 0 Å². The zero-order valence-corrected chi connectivity index (χ0v) is 15.8. The minimum absolute atomic E-state index is 0.0979. The van der Waals surface area contributed by atoms with Crippen LogP contribution in [-0.2, 0) is 0 Å². The Morgan fingerprint density at radius 3 is 2.38 bits per heavy atom. The predicted octanol–water partition coefficient (Wildman–Crippen LogP) is 4.20. The van der Waals surface area contributed by atoms with Gasteiger partial charge in [0.15, 0.2) is 0 Å². The summed E-state index contributed by atoms with van der Waals surface area (Å²) in [5, 5.41) is 6.15. The number of hydrogen-bond acceptors (Lipinski definition) is 4. The average Bonchev–Trinajstić information content (AvgIpc) is 2.63. The number of aromatic nitrogens is 1. The van der Waals surface area contributed by atoms with Crippen LogP contribution in [0.25, 0.3) is 0 Å². The lowest BCUT2D eigenvalue weighted by molar-refractivity contribution is 0.0943. The molecule has 138 valence electrons. The fourth-order valence-corrected chi connectivity index (χ4v) is 3.12. The van der Waals surface area contributed by atoms with Crippen molar-refractivity contribution in [1.29, 1.82) is 0 Å². The highest BCUT2D eigenvalue weighted by Gasteiger charge is 2.15.